The highest BCUT2D eigenvalue weighted by Crippen LogP contribution is 2.37. The topological polar surface area (TPSA) is 28.2 Å². The molecule has 3 heterocycles. The Labute approximate surface area is 107 Å². The smallest absolute Gasteiger partial charge is 0.0900 e. The summed E-state index contributed by atoms with van der Waals surface area (Å²) in [5.74, 6) is 0. The summed E-state index contributed by atoms with van der Waals surface area (Å²) < 4.78 is 0. The highest BCUT2D eigenvalue weighted by atomic mass is 32.1. The largest absolute Gasteiger partial charge is 0.316 e. The normalized spacial score (nSPS) is 29.5. The van der Waals surface area contributed by atoms with E-state index in [-0.39, 0.29) is 0 Å². The number of aromatic nitrogens is 1. The van der Waals surface area contributed by atoms with Crippen LogP contribution < -0.4 is 5.32 Å². The molecule has 0 aliphatic carbocycles. The van der Waals surface area contributed by atoms with E-state index < -0.39 is 0 Å². The number of likely N-dealkylation sites (tertiary alicyclic amines) is 1. The van der Waals surface area contributed by atoms with Gasteiger partial charge in [0.1, 0.15) is 0 Å². The van der Waals surface area contributed by atoms with E-state index in [0.29, 0.717) is 5.41 Å². The maximum absolute atomic E-state index is 4.52. The van der Waals surface area contributed by atoms with Crippen LogP contribution in [0.15, 0.2) is 0 Å². The second-order valence-electron chi connectivity index (χ2n) is 5.63. The van der Waals surface area contributed by atoms with Gasteiger partial charge in [0.25, 0.3) is 0 Å². The molecule has 94 valence electrons. The lowest BCUT2D eigenvalue weighted by Gasteiger charge is -2.22. The monoisotopic (exact) mass is 251 g/mol. The Morgan fingerprint density at radius 1 is 1.41 bits per heavy atom. The summed E-state index contributed by atoms with van der Waals surface area (Å²) in [6.07, 6.45) is 2.74. The van der Waals surface area contributed by atoms with Crippen molar-refractivity contribution in [1.82, 2.24) is 15.2 Å². The second-order valence-corrected chi connectivity index (χ2v) is 6.92. The molecule has 0 aromatic carbocycles. The number of hydrogen-bond acceptors (Lipinski definition) is 4. The van der Waals surface area contributed by atoms with Crippen LogP contribution in [-0.4, -0.2) is 36.1 Å². The highest BCUT2D eigenvalue weighted by Gasteiger charge is 2.40. The number of rotatable bonds is 2. The zero-order valence-electron chi connectivity index (χ0n) is 10.8. The van der Waals surface area contributed by atoms with Crippen LogP contribution in [0.4, 0.5) is 0 Å². The molecule has 3 rings (SSSR count). The molecule has 1 atom stereocenters. The first kappa shape index (κ1) is 11.6. The summed E-state index contributed by atoms with van der Waals surface area (Å²) in [5.41, 5.74) is 1.83. The van der Waals surface area contributed by atoms with Crippen LogP contribution in [0, 0.1) is 19.3 Å². The molecule has 1 unspecified atom stereocenters. The SMILES string of the molecule is Cc1nc(C)c(CN2CCC3(CCNC3)C2)s1. The first-order valence-corrected chi connectivity index (χ1v) is 7.35. The van der Waals surface area contributed by atoms with Crippen LogP contribution in [0.3, 0.4) is 0 Å². The molecule has 1 N–H and O–H groups in total. The zero-order valence-corrected chi connectivity index (χ0v) is 11.6. The Morgan fingerprint density at radius 3 is 2.94 bits per heavy atom. The molecule has 17 heavy (non-hydrogen) atoms. The third kappa shape index (κ3) is 2.26. The minimum atomic E-state index is 0.591. The van der Waals surface area contributed by atoms with Crippen molar-refractivity contribution in [3.05, 3.63) is 15.6 Å². The molecule has 1 aromatic heterocycles. The minimum absolute atomic E-state index is 0.591. The van der Waals surface area contributed by atoms with Gasteiger partial charge in [-0.1, -0.05) is 0 Å². The van der Waals surface area contributed by atoms with Crippen molar-refractivity contribution in [3.8, 4) is 0 Å². The predicted octanol–water partition coefficient (Wildman–Crippen LogP) is 1.95. The second kappa shape index (κ2) is 4.34. The summed E-state index contributed by atoms with van der Waals surface area (Å²) in [5, 5.41) is 4.72. The van der Waals surface area contributed by atoms with E-state index in [1.807, 2.05) is 11.3 Å². The summed E-state index contributed by atoms with van der Waals surface area (Å²) in [4.78, 5) is 8.60. The molecule has 2 aliphatic heterocycles. The van der Waals surface area contributed by atoms with E-state index in [0.717, 1.165) is 6.54 Å². The van der Waals surface area contributed by atoms with E-state index in [1.54, 1.807) is 0 Å². The summed E-state index contributed by atoms with van der Waals surface area (Å²) >= 11 is 1.86. The average Bonchev–Trinajstić information content (AvgIpc) is 2.95. The molecule has 2 fully saturated rings. The van der Waals surface area contributed by atoms with Gasteiger partial charge in [0, 0.05) is 24.5 Å². The lowest BCUT2D eigenvalue weighted by atomic mass is 9.87. The van der Waals surface area contributed by atoms with E-state index in [9.17, 15) is 0 Å². The average molecular weight is 251 g/mol. The summed E-state index contributed by atoms with van der Waals surface area (Å²) in [6.45, 7) is 10.3. The number of nitrogens with zero attached hydrogens (tertiary/aromatic N) is 2. The van der Waals surface area contributed by atoms with Gasteiger partial charge in [-0.25, -0.2) is 4.98 Å². The quantitative estimate of drug-likeness (QED) is 0.871. The third-order valence-corrected chi connectivity index (χ3v) is 5.27. The van der Waals surface area contributed by atoms with Crippen molar-refractivity contribution in [1.29, 1.82) is 0 Å². The number of nitrogens with one attached hydrogen (secondary N) is 1. The van der Waals surface area contributed by atoms with Gasteiger partial charge in [0.05, 0.1) is 10.7 Å². The van der Waals surface area contributed by atoms with Gasteiger partial charge in [-0.3, -0.25) is 4.90 Å². The molecule has 1 aromatic rings. The Morgan fingerprint density at radius 2 is 2.29 bits per heavy atom. The highest BCUT2D eigenvalue weighted by molar-refractivity contribution is 7.11. The lowest BCUT2D eigenvalue weighted by molar-refractivity contribution is 0.270. The Kier molecular flexibility index (Phi) is 2.97. The molecule has 0 amide bonds. The molecule has 2 saturated heterocycles. The van der Waals surface area contributed by atoms with Gasteiger partial charge in [0.2, 0.25) is 0 Å². The first-order chi connectivity index (χ1) is 8.17. The van der Waals surface area contributed by atoms with Gasteiger partial charge >= 0.3 is 0 Å². The van der Waals surface area contributed by atoms with E-state index in [2.05, 4.69) is 29.0 Å². The van der Waals surface area contributed by atoms with Gasteiger partial charge < -0.3 is 5.32 Å². The molecular formula is C13H21N3S. The molecule has 3 nitrogen and oxygen atoms in total. The Hall–Kier alpha value is -0.450. The molecule has 4 heteroatoms. The lowest BCUT2D eigenvalue weighted by Crippen LogP contribution is -2.28. The molecule has 0 radical (unpaired) electrons. The summed E-state index contributed by atoms with van der Waals surface area (Å²) in [6, 6.07) is 0. The third-order valence-electron chi connectivity index (χ3n) is 4.22. The number of hydrogen-bond donors (Lipinski definition) is 1. The molecule has 0 bridgehead atoms. The van der Waals surface area contributed by atoms with Crippen LogP contribution in [-0.2, 0) is 6.54 Å². The van der Waals surface area contributed by atoms with Crippen LogP contribution in [0.1, 0.15) is 28.4 Å². The van der Waals surface area contributed by atoms with Crippen molar-refractivity contribution in [2.45, 2.75) is 33.2 Å². The fraction of sp³-hybridized carbons (Fsp3) is 0.769. The molecule has 2 aliphatic rings. The maximum atomic E-state index is 4.52. The van der Waals surface area contributed by atoms with Crippen LogP contribution >= 0.6 is 11.3 Å². The van der Waals surface area contributed by atoms with Gasteiger partial charge in [-0.15, -0.1) is 11.3 Å². The summed E-state index contributed by atoms with van der Waals surface area (Å²) in [7, 11) is 0. The molecule has 1 spiro atoms. The van der Waals surface area contributed by atoms with E-state index >= 15 is 0 Å². The van der Waals surface area contributed by atoms with E-state index in [4.69, 9.17) is 0 Å². The van der Waals surface area contributed by atoms with Gasteiger partial charge in [-0.05, 0) is 45.2 Å². The molecular weight excluding hydrogens is 230 g/mol. The first-order valence-electron chi connectivity index (χ1n) is 6.53. The van der Waals surface area contributed by atoms with Crippen molar-refractivity contribution in [3.63, 3.8) is 0 Å². The van der Waals surface area contributed by atoms with Crippen LogP contribution in [0.2, 0.25) is 0 Å². The fourth-order valence-corrected chi connectivity index (χ4v) is 4.21. The minimum Gasteiger partial charge on any atom is -0.316 e. The van der Waals surface area contributed by atoms with Crippen molar-refractivity contribution >= 4 is 11.3 Å². The number of thiazole rings is 1. The predicted molar refractivity (Wildman–Crippen MR) is 71.4 cm³/mol. The zero-order chi connectivity index (χ0) is 11.9. The van der Waals surface area contributed by atoms with Crippen LogP contribution in [0.25, 0.3) is 0 Å². The molecule has 0 saturated carbocycles. The van der Waals surface area contributed by atoms with E-state index in [1.165, 1.54) is 54.6 Å². The fourth-order valence-electron chi connectivity index (χ4n) is 3.23. The Balaban J connectivity index is 1.65. The van der Waals surface area contributed by atoms with Crippen molar-refractivity contribution in [2.75, 3.05) is 26.2 Å². The Bertz CT molecular complexity index is 407. The van der Waals surface area contributed by atoms with Crippen molar-refractivity contribution < 1.29 is 0 Å². The standard InChI is InChI=1S/C13H21N3S/c1-10-12(17-11(2)15-10)7-16-6-4-13(9-16)3-5-14-8-13/h14H,3-9H2,1-2H3. The maximum Gasteiger partial charge on any atom is 0.0900 e. The van der Waals surface area contributed by atoms with Crippen LogP contribution in [0.5, 0.6) is 0 Å². The van der Waals surface area contributed by atoms with Gasteiger partial charge in [0.15, 0.2) is 0 Å². The van der Waals surface area contributed by atoms with Gasteiger partial charge in [-0.2, -0.15) is 0 Å². The van der Waals surface area contributed by atoms with Crippen molar-refractivity contribution in [2.24, 2.45) is 5.41 Å². The number of aryl methyl sites for hydroxylation is 2.